The van der Waals surface area contributed by atoms with E-state index in [0.29, 0.717) is 30.5 Å². The molecular formula is C22H27N3O5. The SMILES string of the molecule is C[C@@H]1CN(C(=O)COC(=O)c2ccc3c(=O)n4c(nc3c2)CCCCC4)C[C@@H](C)O1. The van der Waals surface area contributed by atoms with Crippen LogP contribution in [0.15, 0.2) is 23.0 Å². The third-order valence-electron chi connectivity index (χ3n) is 5.65. The second kappa shape index (κ2) is 8.55. The Morgan fingerprint density at radius 1 is 1.17 bits per heavy atom. The Bertz CT molecular complexity index is 1020. The van der Waals surface area contributed by atoms with Crippen molar-refractivity contribution in [2.75, 3.05) is 19.7 Å². The molecule has 30 heavy (non-hydrogen) atoms. The first-order valence-corrected chi connectivity index (χ1v) is 10.6. The van der Waals surface area contributed by atoms with Crippen molar-refractivity contribution in [3.63, 3.8) is 0 Å². The maximum Gasteiger partial charge on any atom is 0.338 e. The van der Waals surface area contributed by atoms with E-state index in [2.05, 4.69) is 4.98 Å². The number of fused-ring (bicyclic) bond motifs is 2. The fourth-order valence-corrected chi connectivity index (χ4v) is 4.23. The molecule has 0 unspecified atom stereocenters. The molecule has 0 spiro atoms. The number of hydrogen-bond acceptors (Lipinski definition) is 6. The Morgan fingerprint density at radius 2 is 1.93 bits per heavy atom. The minimum atomic E-state index is -0.601. The molecule has 1 saturated heterocycles. The van der Waals surface area contributed by atoms with Crippen molar-refractivity contribution in [3.8, 4) is 0 Å². The summed E-state index contributed by atoms with van der Waals surface area (Å²) in [6.07, 6.45) is 3.71. The second-order valence-electron chi connectivity index (χ2n) is 8.16. The van der Waals surface area contributed by atoms with Gasteiger partial charge in [-0.25, -0.2) is 9.78 Å². The number of morpholine rings is 1. The van der Waals surface area contributed by atoms with Crippen LogP contribution < -0.4 is 5.56 Å². The van der Waals surface area contributed by atoms with Crippen LogP contribution in [0.3, 0.4) is 0 Å². The largest absolute Gasteiger partial charge is 0.452 e. The lowest BCUT2D eigenvalue weighted by atomic mass is 10.1. The van der Waals surface area contributed by atoms with Gasteiger partial charge in [0.25, 0.3) is 11.5 Å². The Balaban J connectivity index is 1.48. The average Bonchev–Trinajstić information content (AvgIpc) is 2.96. The number of ether oxygens (including phenoxy) is 2. The monoisotopic (exact) mass is 413 g/mol. The predicted molar refractivity (Wildman–Crippen MR) is 110 cm³/mol. The molecule has 0 N–H and O–H groups in total. The number of carbonyl (C=O) groups is 2. The Labute approximate surface area is 174 Å². The van der Waals surface area contributed by atoms with Crippen molar-refractivity contribution in [1.29, 1.82) is 0 Å². The molecule has 8 heteroatoms. The van der Waals surface area contributed by atoms with Gasteiger partial charge in [0.1, 0.15) is 5.82 Å². The maximum absolute atomic E-state index is 12.8. The fraction of sp³-hybridized carbons (Fsp3) is 0.545. The molecule has 2 aliphatic heterocycles. The van der Waals surface area contributed by atoms with Gasteiger partial charge in [-0.05, 0) is 44.9 Å². The van der Waals surface area contributed by atoms with Crippen LogP contribution >= 0.6 is 0 Å². The summed E-state index contributed by atoms with van der Waals surface area (Å²) in [4.78, 5) is 44.0. The van der Waals surface area contributed by atoms with E-state index in [9.17, 15) is 14.4 Å². The van der Waals surface area contributed by atoms with Crippen LogP contribution in [0.1, 0.15) is 49.3 Å². The number of rotatable bonds is 3. The second-order valence-corrected chi connectivity index (χ2v) is 8.16. The Hall–Kier alpha value is -2.74. The first-order valence-electron chi connectivity index (χ1n) is 10.6. The number of carbonyl (C=O) groups excluding carboxylic acids is 2. The average molecular weight is 413 g/mol. The van der Waals surface area contributed by atoms with Gasteiger partial charge in [0.15, 0.2) is 6.61 Å². The van der Waals surface area contributed by atoms with Crippen molar-refractivity contribution in [1.82, 2.24) is 14.5 Å². The first kappa shape index (κ1) is 20.5. The number of esters is 1. The zero-order valence-electron chi connectivity index (χ0n) is 17.4. The van der Waals surface area contributed by atoms with Gasteiger partial charge in [-0.1, -0.05) is 6.42 Å². The van der Waals surface area contributed by atoms with Crippen LogP contribution in [-0.4, -0.2) is 58.2 Å². The molecule has 160 valence electrons. The molecule has 0 aliphatic carbocycles. The molecule has 2 aliphatic rings. The number of amides is 1. The van der Waals surface area contributed by atoms with E-state index >= 15 is 0 Å². The van der Waals surface area contributed by atoms with Crippen LogP contribution in [0.2, 0.25) is 0 Å². The highest BCUT2D eigenvalue weighted by Crippen LogP contribution is 2.17. The Morgan fingerprint density at radius 3 is 2.70 bits per heavy atom. The molecule has 2 aromatic rings. The summed E-state index contributed by atoms with van der Waals surface area (Å²) in [5.74, 6) is -0.0782. The van der Waals surface area contributed by atoms with Crippen LogP contribution in [0, 0.1) is 0 Å². The minimum Gasteiger partial charge on any atom is -0.452 e. The maximum atomic E-state index is 12.8. The lowest BCUT2D eigenvalue weighted by Gasteiger charge is -2.35. The number of hydrogen-bond donors (Lipinski definition) is 0. The predicted octanol–water partition coefficient (Wildman–Crippen LogP) is 1.92. The summed E-state index contributed by atoms with van der Waals surface area (Å²) < 4.78 is 12.6. The third kappa shape index (κ3) is 4.23. The first-order chi connectivity index (χ1) is 14.4. The summed E-state index contributed by atoms with van der Waals surface area (Å²) in [5, 5.41) is 0.490. The minimum absolute atomic E-state index is 0.0470. The van der Waals surface area contributed by atoms with Crippen molar-refractivity contribution >= 4 is 22.8 Å². The molecule has 0 radical (unpaired) electrons. The van der Waals surface area contributed by atoms with Crippen molar-refractivity contribution in [2.45, 2.75) is 58.3 Å². The molecule has 8 nitrogen and oxygen atoms in total. The van der Waals surface area contributed by atoms with Gasteiger partial charge in [-0.2, -0.15) is 0 Å². The lowest BCUT2D eigenvalue weighted by Crippen LogP contribution is -2.49. The Kier molecular flexibility index (Phi) is 5.85. The third-order valence-corrected chi connectivity index (χ3v) is 5.65. The van der Waals surface area contributed by atoms with Crippen molar-refractivity contribution in [3.05, 3.63) is 39.9 Å². The van der Waals surface area contributed by atoms with Gasteiger partial charge in [0, 0.05) is 26.1 Å². The number of benzene rings is 1. The van der Waals surface area contributed by atoms with Gasteiger partial charge in [0.05, 0.1) is 28.7 Å². The normalized spacial score (nSPS) is 21.7. The van der Waals surface area contributed by atoms with E-state index < -0.39 is 5.97 Å². The quantitative estimate of drug-likeness (QED) is 0.714. The zero-order valence-corrected chi connectivity index (χ0v) is 17.4. The van der Waals surface area contributed by atoms with E-state index in [4.69, 9.17) is 9.47 Å². The van der Waals surface area contributed by atoms with Crippen LogP contribution in [-0.2, 0) is 27.2 Å². The van der Waals surface area contributed by atoms with Crippen LogP contribution in [0.5, 0.6) is 0 Å². The molecule has 2 atom stereocenters. The molecule has 4 rings (SSSR count). The highest BCUT2D eigenvalue weighted by atomic mass is 16.5. The van der Waals surface area contributed by atoms with E-state index in [1.165, 1.54) is 0 Å². The topological polar surface area (TPSA) is 90.7 Å². The van der Waals surface area contributed by atoms with E-state index in [-0.39, 0.29) is 35.8 Å². The number of aromatic nitrogens is 2. The van der Waals surface area contributed by atoms with E-state index in [1.54, 1.807) is 27.7 Å². The number of nitrogens with zero attached hydrogens (tertiary/aromatic N) is 3. The lowest BCUT2D eigenvalue weighted by molar-refractivity contribution is -0.146. The summed E-state index contributed by atoms with van der Waals surface area (Å²) in [6, 6.07) is 4.75. The molecular weight excluding hydrogens is 386 g/mol. The van der Waals surface area contributed by atoms with Gasteiger partial charge in [0.2, 0.25) is 0 Å². The summed E-state index contributed by atoms with van der Waals surface area (Å²) >= 11 is 0. The summed E-state index contributed by atoms with van der Waals surface area (Å²) in [7, 11) is 0. The van der Waals surface area contributed by atoms with Crippen LogP contribution in [0.4, 0.5) is 0 Å². The smallest absolute Gasteiger partial charge is 0.338 e. The molecule has 0 saturated carbocycles. The number of aryl methyl sites for hydroxylation is 1. The zero-order chi connectivity index (χ0) is 21.3. The highest BCUT2D eigenvalue weighted by molar-refractivity contribution is 5.95. The summed E-state index contributed by atoms with van der Waals surface area (Å²) in [6.45, 7) is 5.14. The van der Waals surface area contributed by atoms with Gasteiger partial charge in [-0.3, -0.25) is 14.2 Å². The van der Waals surface area contributed by atoms with E-state index in [1.807, 2.05) is 13.8 Å². The summed E-state index contributed by atoms with van der Waals surface area (Å²) in [5.41, 5.74) is 0.705. The van der Waals surface area contributed by atoms with E-state index in [0.717, 1.165) is 31.5 Å². The van der Waals surface area contributed by atoms with Crippen LogP contribution in [0.25, 0.3) is 10.9 Å². The van der Waals surface area contributed by atoms with Gasteiger partial charge < -0.3 is 14.4 Å². The molecule has 1 aromatic carbocycles. The van der Waals surface area contributed by atoms with Crippen molar-refractivity contribution in [2.24, 2.45) is 0 Å². The molecule has 1 aromatic heterocycles. The standard InChI is InChI=1S/C22H27N3O5/c1-14-11-24(12-15(2)30-14)20(26)13-29-22(28)16-7-8-17-18(10-16)23-19-6-4-3-5-9-25(19)21(17)27/h7-8,10,14-15H,3-6,9,11-13H2,1-2H3/t14-,15-/m1/s1. The fourth-order valence-electron chi connectivity index (χ4n) is 4.23. The highest BCUT2D eigenvalue weighted by Gasteiger charge is 2.26. The molecule has 1 fully saturated rings. The molecule has 0 bridgehead atoms. The van der Waals surface area contributed by atoms with Crippen molar-refractivity contribution < 1.29 is 19.1 Å². The molecule has 3 heterocycles. The molecule has 1 amide bonds. The van der Waals surface area contributed by atoms with Gasteiger partial charge >= 0.3 is 5.97 Å². The van der Waals surface area contributed by atoms with Gasteiger partial charge in [-0.15, -0.1) is 0 Å².